The number of halogens is 1. The molecule has 2 aliphatic heterocycles. The smallest absolute Gasteiger partial charge is 0.257 e. The Bertz CT molecular complexity index is 1140. The molecule has 10 heteroatoms. The van der Waals surface area contributed by atoms with E-state index in [4.69, 9.17) is 4.99 Å². The van der Waals surface area contributed by atoms with Crippen LogP contribution in [0.3, 0.4) is 0 Å². The van der Waals surface area contributed by atoms with Crippen molar-refractivity contribution in [3.63, 3.8) is 0 Å². The normalized spacial score (nSPS) is 22.7. The van der Waals surface area contributed by atoms with Crippen molar-refractivity contribution in [3.05, 3.63) is 70.4 Å². The highest BCUT2D eigenvalue weighted by Crippen LogP contribution is 2.48. The molecule has 5 rings (SSSR count). The summed E-state index contributed by atoms with van der Waals surface area (Å²) in [5.74, 6) is 0.758. The Morgan fingerprint density at radius 3 is 2.74 bits per heavy atom. The van der Waals surface area contributed by atoms with E-state index >= 15 is 0 Å². The number of aromatic hydroxyl groups is 1. The zero-order valence-corrected chi connectivity index (χ0v) is 17.9. The van der Waals surface area contributed by atoms with E-state index in [-0.39, 0.29) is 17.6 Å². The van der Waals surface area contributed by atoms with Crippen molar-refractivity contribution in [3.8, 4) is 5.75 Å². The van der Waals surface area contributed by atoms with Crippen LogP contribution in [0.5, 0.6) is 5.75 Å². The SMILES string of the molecule is O=C(NC1=NC2(c3cc(O)cs3)CN(c3ncc(F)cn3)CC2CS1)c1ccccc1. The van der Waals surface area contributed by atoms with Gasteiger partial charge in [0.05, 0.1) is 18.9 Å². The number of carbonyl (C=O) groups excluding carboxylic acids is 1. The molecule has 7 nitrogen and oxygen atoms in total. The van der Waals surface area contributed by atoms with Crippen LogP contribution in [0.2, 0.25) is 0 Å². The van der Waals surface area contributed by atoms with Crippen LogP contribution in [-0.4, -0.2) is 45.0 Å². The second kappa shape index (κ2) is 7.93. The molecule has 158 valence electrons. The minimum absolute atomic E-state index is 0.113. The number of rotatable bonds is 3. The van der Waals surface area contributed by atoms with Crippen LogP contribution in [0.4, 0.5) is 10.3 Å². The second-order valence-electron chi connectivity index (χ2n) is 7.42. The second-order valence-corrected chi connectivity index (χ2v) is 9.34. The molecular formula is C21H18FN5O2S2. The van der Waals surface area contributed by atoms with Gasteiger partial charge in [-0.15, -0.1) is 11.3 Å². The first kappa shape index (κ1) is 20.0. The summed E-state index contributed by atoms with van der Waals surface area (Å²) in [4.78, 5) is 28.8. The van der Waals surface area contributed by atoms with Crippen LogP contribution >= 0.6 is 23.1 Å². The number of nitrogens with one attached hydrogen (secondary N) is 1. The van der Waals surface area contributed by atoms with Crippen molar-refractivity contribution in [2.75, 3.05) is 23.7 Å². The molecule has 2 aliphatic rings. The number of thiophene rings is 1. The number of aromatic nitrogens is 2. The first-order valence-electron chi connectivity index (χ1n) is 9.63. The van der Waals surface area contributed by atoms with Gasteiger partial charge in [0.25, 0.3) is 5.91 Å². The van der Waals surface area contributed by atoms with Crippen LogP contribution in [-0.2, 0) is 5.54 Å². The summed E-state index contributed by atoms with van der Waals surface area (Å²) in [6.45, 7) is 1.11. The van der Waals surface area contributed by atoms with Gasteiger partial charge in [-0.3, -0.25) is 4.79 Å². The van der Waals surface area contributed by atoms with Crippen LogP contribution in [0.15, 0.2) is 59.2 Å². The lowest BCUT2D eigenvalue weighted by Gasteiger charge is -2.34. The predicted octanol–water partition coefficient (Wildman–Crippen LogP) is 3.25. The number of benzene rings is 1. The Balaban J connectivity index is 1.49. The van der Waals surface area contributed by atoms with Gasteiger partial charge in [0.1, 0.15) is 11.3 Å². The topological polar surface area (TPSA) is 90.7 Å². The van der Waals surface area contributed by atoms with Crippen molar-refractivity contribution in [2.24, 2.45) is 10.9 Å². The number of anilines is 1. The molecule has 1 saturated heterocycles. The molecule has 3 aromatic rings. The van der Waals surface area contributed by atoms with Gasteiger partial charge < -0.3 is 15.3 Å². The molecule has 0 saturated carbocycles. The molecule has 0 aliphatic carbocycles. The van der Waals surface area contributed by atoms with Gasteiger partial charge in [-0.2, -0.15) is 0 Å². The van der Waals surface area contributed by atoms with Gasteiger partial charge in [-0.1, -0.05) is 30.0 Å². The number of amides is 1. The summed E-state index contributed by atoms with van der Waals surface area (Å²) in [6.07, 6.45) is 2.30. The number of fused-ring (bicyclic) bond motifs is 1. The summed E-state index contributed by atoms with van der Waals surface area (Å²) < 4.78 is 13.3. The van der Waals surface area contributed by atoms with E-state index in [1.807, 2.05) is 23.1 Å². The standard InChI is InChI=1S/C21H18FN5O2S2/c22-15-7-23-19(24-8-15)27-9-14-10-31-20(25-18(29)13-4-2-1-3-5-13)26-21(14,12-27)17-6-16(28)11-30-17/h1-8,11,14,28H,9-10,12H2,(H,25,26,29). The number of hydrogen-bond donors (Lipinski definition) is 2. The molecule has 1 aromatic carbocycles. The van der Waals surface area contributed by atoms with Crippen LogP contribution < -0.4 is 10.2 Å². The summed E-state index contributed by atoms with van der Waals surface area (Å²) in [6, 6.07) is 10.7. The molecule has 4 heterocycles. The number of hydrogen-bond acceptors (Lipinski definition) is 8. The van der Waals surface area contributed by atoms with Gasteiger partial charge in [0.2, 0.25) is 5.95 Å². The van der Waals surface area contributed by atoms with Crippen LogP contribution in [0, 0.1) is 11.7 Å². The molecule has 1 amide bonds. The highest BCUT2D eigenvalue weighted by Gasteiger charge is 2.52. The minimum atomic E-state index is -0.659. The maximum atomic E-state index is 13.3. The zero-order chi connectivity index (χ0) is 21.4. The van der Waals surface area contributed by atoms with E-state index in [0.29, 0.717) is 29.8 Å². The highest BCUT2D eigenvalue weighted by molar-refractivity contribution is 8.13. The van der Waals surface area contributed by atoms with Gasteiger partial charge in [-0.25, -0.2) is 19.4 Å². The quantitative estimate of drug-likeness (QED) is 0.630. The third kappa shape index (κ3) is 3.77. The molecule has 0 spiro atoms. The lowest BCUT2D eigenvalue weighted by Crippen LogP contribution is -2.42. The van der Waals surface area contributed by atoms with Crippen molar-refractivity contribution < 1.29 is 14.3 Å². The summed E-state index contributed by atoms with van der Waals surface area (Å²) in [5, 5.41) is 15.1. The first-order valence-corrected chi connectivity index (χ1v) is 11.5. The van der Waals surface area contributed by atoms with E-state index in [1.54, 1.807) is 23.6 Å². The Kier molecular flexibility index (Phi) is 5.11. The number of nitrogens with zero attached hydrogens (tertiary/aromatic N) is 4. The Labute approximate surface area is 186 Å². The van der Waals surface area contributed by atoms with Crippen molar-refractivity contribution in [1.29, 1.82) is 0 Å². The van der Waals surface area contributed by atoms with E-state index in [1.165, 1.54) is 23.1 Å². The Hall–Kier alpha value is -2.98. The molecule has 2 aromatic heterocycles. The summed E-state index contributed by atoms with van der Waals surface area (Å²) in [5.41, 5.74) is -0.1000. The lowest BCUT2D eigenvalue weighted by atomic mass is 9.87. The van der Waals surface area contributed by atoms with Gasteiger partial charge >= 0.3 is 0 Å². The summed E-state index contributed by atoms with van der Waals surface area (Å²) >= 11 is 2.93. The third-order valence-electron chi connectivity index (χ3n) is 5.43. The van der Waals surface area contributed by atoms with Gasteiger partial charge in [-0.05, 0) is 18.2 Å². The number of amidine groups is 1. The Morgan fingerprint density at radius 1 is 1.26 bits per heavy atom. The van der Waals surface area contributed by atoms with Crippen molar-refractivity contribution in [1.82, 2.24) is 15.3 Å². The number of carbonyl (C=O) groups is 1. The van der Waals surface area contributed by atoms with Gasteiger partial charge in [0, 0.05) is 34.0 Å². The number of thioether (sulfide) groups is 1. The minimum Gasteiger partial charge on any atom is -0.507 e. The molecular weight excluding hydrogens is 437 g/mol. The molecule has 0 radical (unpaired) electrons. The zero-order valence-electron chi connectivity index (χ0n) is 16.2. The fraction of sp³-hybridized carbons (Fsp3) is 0.238. The fourth-order valence-corrected chi connectivity index (χ4v) is 6.06. The van der Waals surface area contributed by atoms with Gasteiger partial charge in [0.15, 0.2) is 11.0 Å². The van der Waals surface area contributed by atoms with E-state index < -0.39 is 11.4 Å². The average molecular weight is 456 g/mol. The van der Waals surface area contributed by atoms with Crippen LogP contribution in [0.1, 0.15) is 15.2 Å². The van der Waals surface area contributed by atoms with E-state index in [2.05, 4.69) is 15.3 Å². The molecule has 1 fully saturated rings. The van der Waals surface area contributed by atoms with Crippen molar-refractivity contribution >= 4 is 40.1 Å². The fourth-order valence-electron chi connectivity index (χ4n) is 3.94. The molecule has 31 heavy (non-hydrogen) atoms. The largest absolute Gasteiger partial charge is 0.507 e. The summed E-state index contributed by atoms with van der Waals surface area (Å²) in [7, 11) is 0. The molecule has 2 unspecified atom stereocenters. The molecule has 0 bridgehead atoms. The molecule has 2 atom stereocenters. The van der Waals surface area contributed by atoms with E-state index in [0.717, 1.165) is 23.0 Å². The van der Waals surface area contributed by atoms with Crippen molar-refractivity contribution in [2.45, 2.75) is 5.54 Å². The van der Waals surface area contributed by atoms with Crippen LogP contribution in [0.25, 0.3) is 0 Å². The average Bonchev–Trinajstić information content (AvgIpc) is 3.39. The predicted molar refractivity (Wildman–Crippen MR) is 119 cm³/mol. The lowest BCUT2D eigenvalue weighted by molar-refractivity contribution is 0.0977. The molecule has 2 N–H and O–H groups in total. The monoisotopic (exact) mass is 455 g/mol. The third-order valence-corrected chi connectivity index (χ3v) is 7.55. The van der Waals surface area contributed by atoms with E-state index in [9.17, 15) is 14.3 Å². The maximum Gasteiger partial charge on any atom is 0.257 e. The number of aliphatic imine (C=N–C) groups is 1. The first-order chi connectivity index (χ1) is 15.0. The maximum absolute atomic E-state index is 13.3. The Morgan fingerprint density at radius 2 is 2.03 bits per heavy atom. The highest BCUT2D eigenvalue weighted by atomic mass is 32.2.